The largest absolute Gasteiger partial charge is 0.277 e. The highest BCUT2D eigenvalue weighted by Crippen LogP contribution is 2.38. The Bertz CT molecular complexity index is 2890. The van der Waals surface area contributed by atoms with E-state index in [9.17, 15) is 0 Å². The van der Waals surface area contributed by atoms with Crippen LogP contribution >= 0.6 is 0 Å². The highest BCUT2D eigenvalue weighted by atomic mass is 15.1. The van der Waals surface area contributed by atoms with Crippen LogP contribution in [0.3, 0.4) is 0 Å². The fourth-order valence-corrected chi connectivity index (χ4v) is 7.20. The van der Waals surface area contributed by atoms with Gasteiger partial charge >= 0.3 is 0 Å². The predicted octanol–water partition coefficient (Wildman–Crippen LogP) is 11.7. The highest BCUT2D eigenvalue weighted by molar-refractivity contribution is 6.06. The average molecular weight is 705 g/mol. The summed E-state index contributed by atoms with van der Waals surface area (Å²) in [7, 11) is 0. The van der Waals surface area contributed by atoms with Gasteiger partial charge in [0.25, 0.3) is 0 Å². The summed E-state index contributed by atoms with van der Waals surface area (Å²) in [6.07, 6.45) is 0. The third-order valence-electron chi connectivity index (χ3n) is 9.87. The van der Waals surface area contributed by atoms with Crippen LogP contribution in [0.25, 0.3) is 95.7 Å². The van der Waals surface area contributed by atoms with E-state index in [1.165, 1.54) is 0 Å². The summed E-state index contributed by atoms with van der Waals surface area (Å²) in [4.78, 5) is 25.3. The first kappa shape index (κ1) is 32.1. The number of nitrogens with zero attached hydrogens (tertiary/aromatic N) is 6. The molecule has 10 aromatic rings. The lowest BCUT2D eigenvalue weighted by Crippen LogP contribution is -2.03. The quantitative estimate of drug-likeness (QED) is 0.165. The third kappa shape index (κ3) is 6.02. The van der Waals surface area contributed by atoms with Crippen molar-refractivity contribution in [3.8, 4) is 79.3 Å². The monoisotopic (exact) mass is 704 g/mol. The lowest BCUT2D eigenvalue weighted by atomic mass is 10.0. The Labute approximate surface area is 318 Å². The van der Waals surface area contributed by atoms with Crippen LogP contribution < -0.4 is 0 Å². The molecule has 0 bridgehead atoms. The molecule has 0 aliphatic rings. The van der Waals surface area contributed by atoms with E-state index in [-0.39, 0.29) is 0 Å². The minimum absolute atomic E-state index is 0.621. The van der Waals surface area contributed by atoms with Gasteiger partial charge in [-0.05, 0) is 22.8 Å². The molecule has 0 aliphatic carbocycles. The number of hydrogen-bond acceptors (Lipinski definition) is 5. The Morgan fingerprint density at radius 3 is 1.25 bits per heavy atom. The van der Waals surface area contributed by atoms with E-state index >= 15 is 0 Å². The summed E-state index contributed by atoms with van der Waals surface area (Å²) < 4.78 is 2.22. The van der Waals surface area contributed by atoms with Gasteiger partial charge in [-0.2, -0.15) is 0 Å². The second kappa shape index (κ2) is 13.8. The van der Waals surface area contributed by atoms with Crippen molar-refractivity contribution in [2.45, 2.75) is 0 Å². The van der Waals surface area contributed by atoms with Crippen LogP contribution in [0.15, 0.2) is 194 Å². The molecule has 258 valence electrons. The summed E-state index contributed by atoms with van der Waals surface area (Å²) in [5.41, 5.74) is 9.92. The molecule has 0 aliphatic heterocycles. The zero-order valence-corrected chi connectivity index (χ0v) is 29.7. The minimum atomic E-state index is 0.621. The maximum Gasteiger partial charge on any atom is 0.164 e. The Balaban J connectivity index is 1.10. The van der Waals surface area contributed by atoms with E-state index in [0.29, 0.717) is 23.3 Å². The van der Waals surface area contributed by atoms with Crippen LogP contribution in [0.4, 0.5) is 0 Å². The van der Waals surface area contributed by atoms with Gasteiger partial charge in [-0.15, -0.1) is 0 Å². The molecule has 10 rings (SSSR count). The first-order valence-electron chi connectivity index (χ1n) is 18.3. The van der Waals surface area contributed by atoms with Crippen LogP contribution in [-0.4, -0.2) is 29.3 Å². The maximum absolute atomic E-state index is 5.27. The van der Waals surface area contributed by atoms with Crippen molar-refractivity contribution in [1.82, 2.24) is 29.3 Å². The van der Waals surface area contributed by atoms with Gasteiger partial charge in [-0.3, -0.25) is 4.40 Å². The smallest absolute Gasteiger partial charge is 0.164 e. The van der Waals surface area contributed by atoms with Gasteiger partial charge in [-0.1, -0.05) is 188 Å². The van der Waals surface area contributed by atoms with Crippen molar-refractivity contribution >= 4 is 16.4 Å². The van der Waals surface area contributed by atoms with Crippen LogP contribution in [-0.2, 0) is 0 Å². The third-order valence-corrected chi connectivity index (χ3v) is 9.87. The van der Waals surface area contributed by atoms with Gasteiger partial charge in [0.2, 0.25) is 0 Å². The van der Waals surface area contributed by atoms with Gasteiger partial charge in [0, 0.05) is 38.6 Å². The normalized spacial score (nSPS) is 11.3. The number of hydrogen-bond donors (Lipinski definition) is 0. The summed E-state index contributed by atoms with van der Waals surface area (Å²) >= 11 is 0. The molecule has 55 heavy (non-hydrogen) atoms. The topological polar surface area (TPSA) is 68.9 Å². The van der Waals surface area contributed by atoms with Gasteiger partial charge in [0.05, 0.1) is 5.69 Å². The van der Waals surface area contributed by atoms with E-state index in [2.05, 4.69) is 114 Å². The molecule has 3 aromatic heterocycles. The molecular weight excluding hydrogens is 673 g/mol. The molecule has 0 fully saturated rings. The van der Waals surface area contributed by atoms with Crippen molar-refractivity contribution in [2.24, 2.45) is 0 Å². The van der Waals surface area contributed by atoms with E-state index in [1.54, 1.807) is 0 Å². The van der Waals surface area contributed by atoms with E-state index in [0.717, 1.165) is 72.4 Å². The summed E-state index contributed by atoms with van der Waals surface area (Å²) in [6, 6.07) is 66.3. The molecule has 6 nitrogen and oxygen atoms in total. The SMILES string of the molecule is c1ccc(-c2nc(-c3ccccc3)nc(-c3cccc(-c4ccc(-c5nc(-c6ccccc6)nc6c7ccccc7c(-c7ccccc7)n56)cc4)c3)n2)cc1. The molecule has 0 saturated carbocycles. The molecule has 0 unspecified atom stereocenters. The van der Waals surface area contributed by atoms with Crippen molar-refractivity contribution in [2.75, 3.05) is 0 Å². The van der Waals surface area contributed by atoms with E-state index in [1.807, 2.05) is 84.9 Å². The second-order valence-corrected chi connectivity index (χ2v) is 13.4. The summed E-state index contributed by atoms with van der Waals surface area (Å²) in [5, 5.41) is 2.21. The summed E-state index contributed by atoms with van der Waals surface area (Å²) in [6.45, 7) is 0. The summed E-state index contributed by atoms with van der Waals surface area (Å²) in [5.74, 6) is 3.41. The van der Waals surface area contributed by atoms with Crippen molar-refractivity contribution in [3.63, 3.8) is 0 Å². The average Bonchev–Trinajstić information content (AvgIpc) is 3.61. The lowest BCUT2D eigenvalue weighted by molar-refractivity contribution is 1.05. The second-order valence-electron chi connectivity index (χ2n) is 13.4. The Hall–Kier alpha value is -7.57. The van der Waals surface area contributed by atoms with Crippen LogP contribution in [0.2, 0.25) is 0 Å². The predicted molar refractivity (Wildman–Crippen MR) is 222 cm³/mol. The fourth-order valence-electron chi connectivity index (χ4n) is 7.20. The molecule has 0 N–H and O–H groups in total. The molecular formula is C49H32N6. The molecule has 0 radical (unpaired) electrons. The van der Waals surface area contributed by atoms with E-state index in [4.69, 9.17) is 24.9 Å². The van der Waals surface area contributed by atoms with Crippen LogP contribution in [0.1, 0.15) is 0 Å². The Kier molecular flexibility index (Phi) is 8.04. The van der Waals surface area contributed by atoms with Gasteiger partial charge in [0.1, 0.15) is 11.5 Å². The zero-order chi connectivity index (χ0) is 36.6. The van der Waals surface area contributed by atoms with Crippen LogP contribution in [0, 0.1) is 0 Å². The molecule has 6 heteroatoms. The van der Waals surface area contributed by atoms with Crippen molar-refractivity contribution in [1.29, 1.82) is 0 Å². The number of benzene rings is 7. The van der Waals surface area contributed by atoms with Crippen molar-refractivity contribution < 1.29 is 0 Å². The van der Waals surface area contributed by atoms with Crippen molar-refractivity contribution in [3.05, 3.63) is 194 Å². The van der Waals surface area contributed by atoms with Gasteiger partial charge < -0.3 is 0 Å². The number of fused-ring (bicyclic) bond motifs is 3. The Morgan fingerprint density at radius 2 is 0.691 bits per heavy atom. The van der Waals surface area contributed by atoms with Gasteiger partial charge in [-0.25, -0.2) is 24.9 Å². The Morgan fingerprint density at radius 1 is 0.273 bits per heavy atom. The van der Waals surface area contributed by atoms with Crippen LogP contribution in [0.5, 0.6) is 0 Å². The number of aromatic nitrogens is 6. The molecule has 0 spiro atoms. The molecule has 0 atom stereocenters. The highest BCUT2D eigenvalue weighted by Gasteiger charge is 2.21. The maximum atomic E-state index is 5.27. The zero-order valence-electron chi connectivity index (χ0n) is 29.7. The first-order valence-corrected chi connectivity index (χ1v) is 18.3. The van der Waals surface area contributed by atoms with Gasteiger partial charge in [0.15, 0.2) is 23.3 Å². The first-order chi connectivity index (χ1) is 27.3. The lowest BCUT2D eigenvalue weighted by Gasteiger charge is -2.13. The fraction of sp³-hybridized carbons (Fsp3) is 0. The standard InChI is InChI=1S/C49H32N6/c1-5-16-34(17-6-1)43-41-26-13-14-27-42(41)49-54-46(37-22-11-4-12-23-37)53-48(55(43)49)38-30-28-33(29-31-38)39-24-15-25-40(32-39)47-51-44(35-18-7-2-8-19-35)50-45(52-47)36-20-9-3-10-21-36/h1-32H. The van der Waals surface area contributed by atoms with E-state index < -0.39 is 0 Å². The minimum Gasteiger partial charge on any atom is -0.277 e. The molecule has 7 aromatic carbocycles. The number of rotatable bonds is 7. The molecule has 3 heterocycles. The molecule has 0 amide bonds. The molecule has 0 saturated heterocycles.